The molecule has 0 saturated carbocycles. The van der Waals surface area contributed by atoms with Crippen molar-refractivity contribution in [3.05, 3.63) is 78.4 Å². The molecular formula is C21H23N5O2. The summed E-state index contributed by atoms with van der Waals surface area (Å²) in [6, 6.07) is 17.1. The van der Waals surface area contributed by atoms with Gasteiger partial charge in [-0.2, -0.15) is 5.10 Å². The minimum absolute atomic E-state index is 0.0873. The molecular weight excluding hydrogens is 354 g/mol. The number of hydrogen-bond acceptors (Lipinski definition) is 4. The fraction of sp³-hybridized carbons (Fsp3) is 0.238. The first-order chi connectivity index (χ1) is 13.6. The first-order valence-electron chi connectivity index (χ1n) is 9.17. The van der Waals surface area contributed by atoms with E-state index < -0.39 is 0 Å². The fourth-order valence-electron chi connectivity index (χ4n) is 2.81. The molecule has 2 N–H and O–H groups in total. The molecule has 3 aromatic rings. The topological polar surface area (TPSA) is 88.9 Å². The zero-order valence-corrected chi connectivity index (χ0v) is 15.7. The minimum atomic E-state index is -0.127. The van der Waals surface area contributed by atoms with Gasteiger partial charge in [-0.15, -0.1) is 0 Å². The first kappa shape index (κ1) is 19.3. The molecule has 3 rings (SSSR count). The van der Waals surface area contributed by atoms with Crippen LogP contribution in [0.15, 0.2) is 67.3 Å². The second-order valence-corrected chi connectivity index (χ2v) is 6.48. The van der Waals surface area contributed by atoms with Gasteiger partial charge in [0.05, 0.1) is 18.2 Å². The Kier molecular flexibility index (Phi) is 6.51. The van der Waals surface area contributed by atoms with E-state index in [4.69, 9.17) is 0 Å². The lowest BCUT2D eigenvalue weighted by molar-refractivity contribution is -0.122. The second kappa shape index (κ2) is 9.45. The summed E-state index contributed by atoms with van der Waals surface area (Å²) in [7, 11) is 0. The number of carbonyl (C=O) groups is 2. The molecule has 0 fully saturated rings. The lowest BCUT2D eigenvalue weighted by Gasteiger charge is -2.15. The third kappa shape index (κ3) is 5.51. The van der Waals surface area contributed by atoms with Crippen molar-refractivity contribution < 1.29 is 9.59 Å². The van der Waals surface area contributed by atoms with E-state index in [9.17, 15) is 9.59 Å². The molecule has 144 valence electrons. The van der Waals surface area contributed by atoms with Crippen LogP contribution in [0.2, 0.25) is 0 Å². The molecule has 7 heteroatoms. The highest BCUT2D eigenvalue weighted by atomic mass is 16.2. The first-order valence-corrected chi connectivity index (χ1v) is 9.17. The van der Waals surface area contributed by atoms with Gasteiger partial charge in [-0.3, -0.25) is 9.59 Å². The number of rotatable bonds is 8. The Balaban J connectivity index is 1.41. The zero-order chi connectivity index (χ0) is 19.8. The smallest absolute Gasteiger partial charge is 0.224 e. The van der Waals surface area contributed by atoms with Crippen LogP contribution in [0.5, 0.6) is 0 Å². The van der Waals surface area contributed by atoms with Crippen LogP contribution in [0.1, 0.15) is 30.5 Å². The van der Waals surface area contributed by atoms with Gasteiger partial charge in [0.25, 0.3) is 0 Å². The maximum absolute atomic E-state index is 12.1. The van der Waals surface area contributed by atoms with Gasteiger partial charge >= 0.3 is 0 Å². The summed E-state index contributed by atoms with van der Waals surface area (Å²) in [5.41, 5.74) is 2.85. The van der Waals surface area contributed by atoms with E-state index in [0.29, 0.717) is 13.0 Å². The summed E-state index contributed by atoms with van der Waals surface area (Å²) < 4.78 is 1.67. The molecule has 28 heavy (non-hydrogen) atoms. The van der Waals surface area contributed by atoms with Gasteiger partial charge in [0.1, 0.15) is 12.7 Å². The van der Waals surface area contributed by atoms with Crippen LogP contribution in [0.4, 0.5) is 0 Å². The van der Waals surface area contributed by atoms with Crippen molar-refractivity contribution in [2.75, 3.05) is 6.54 Å². The van der Waals surface area contributed by atoms with E-state index in [-0.39, 0.29) is 24.3 Å². The maximum Gasteiger partial charge on any atom is 0.224 e. The van der Waals surface area contributed by atoms with Gasteiger partial charge in [-0.1, -0.05) is 42.5 Å². The molecule has 1 aromatic heterocycles. The molecule has 0 saturated heterocycles. The third-order valence-electron chi connectivity index (χ3n) is 4.34. The van der Waals surface area contributed by atoms with Crippen molar-refractivity contribution in [2.45, 2.75) is 25.8 Å². The molecule has 2 aromatic carbocycles. The fourth-order valence-corrected chi connectivity index (χ4v) is 2.81. The van der Waals surface area contributed by atoms with E-state index in [1.165, 1.54) is 6.33 Å². The Morgan fingerprint density at radius 2 is 1.79 bits per heavy atom. The number of aromatic nitrogens is 3. The Labute approximate surface area is 163 Å². The Bertz CT molecular complexity index is 892. The second-order valence-electron chi connectivity index (χ2n) is 6.48. The normalized spacial score (nSPS) is 11.6. The van der Waals surface area contributed by atoms with Crippen molar-refractivity contribution in [3.63, 3.8) is 0 Å². The van der Waals surface area contributed by atoms with E-state index in [1.54, 1.807) is 11.0 Å². The molecule has 2 amide bonds. The van der Waals surface area contributed by atoms with Crippen molar-refractivity contribution in [3.8, 4) is 5.69 Å². The third-order valence-corrected chi connectivity index (χ3v) is 4.34. The van der Waals surface area contributed by atoms with Crippen molar-refractivity contribution in [2.24, 2.45) is 0 Å². The van der Waals surface area contributed by atoms with Crippen LogP contribution in [-0.4, -0.2) is 33.1 Å². The van der Waals surface area contributed by atoms with Crippen molar-refractivity contribution in [1.29, 1.82) is 0 Å². The lowest BCUT2D eigenvalue weighted by atomic mass is 10.1. The average molecular weight is 377 g/mol. The van der Waals surface area contributed by atoms with E-state index in [1.807, 2.05) is 61.5 Å². The number of amides is 2. The Hall–Kier alpha value is -3.48. The highest BCUT2D eigenvalue weighted by molar-refractivity contribution is 5.80. The number of nitrogens with zero attached hydrogens (tertiary/aromatic N) is 3. The van der Waals surface area contributed by atoms with Gasteiger partial charge < -0.3 is 10.6 Å². The lowest BCUT2D eigenvalue weighted by Crippen LogP contribution is -2.32. The summed E-state index contributed by atoms with van der Waals surface area (Å²) in [4.78, 5) is 28.0. The Morgan fingerprint density at radius 3 is 2.46 bits per heavy atom. The monoisotopic (exact) mass is 377 g/mol. The van der Waals surface area contributed by atoms with Crippen LogP contribution in [-0.2, 0) is 16.0 Å². The summed E-state index contributed by atoms with van der Waals surface area (Å²) in [6.45, 7) is 2.24. The standard InChI is InChI=1S/C21H23N5O2/c1-16(18-7-9-19(10-8-18)26-15-22-14-24-26)25-20(27)11-12-23-21(28)13-17-5-3-2-4-6-17/h2-10,14-16H,11-13H2,1H3,(H,23,28)(H,25,27). The molecule has 0 aliphatic carbocycles. The van der Waals surface area contributed by atoms with Crippen LogP contribution >= 0.6 is 0 Å². The van der Waals surface area contributed by atoms with E-state index in [0.717, 1.165) is 16.8 Å². The van der Waals surface area contributed by atoms with Crippen LogP contribution < -0.4 is 10.6 Å². The minimum Gasteiger partial charge on any atom is -0.355 e. The van der Waals surface area contributed by atoms with Crippen LogP contribution in [0, 0.1) is 0 Å². The molecule has 0 spiro atoms. The molecule has 1 heterocycles. The van der Waals surface area contributed by atoms with Crippen LogP contribution in [0.3, 0.4) is 0 Å². The highest BCUT2D eigenvalue weighted by Gasteiger charge is 2.10. The highest BCUT2D eigenvalue weighted by Crippen LogP contribution is 2.15. The summed E-state index contributed by atoms with van der Waals surface area (Å²) >= 11 is 0. The zero-order valence-electron chi connectivity index (χ0n) is 15.7. The predicted molar refractivity (Wildman–Crippen MR) is 106 cm³/mol. The SMILES string of the molecule is CC(NC(=O)CCNC(=O)Cc1ccccc1)c1ccc(-n2cncn2)cc1. The van der Waals surface area contributed by atoms with Gasteiger partial charge in [0, 0.05) is 13.0 Å². The van der Waals surface area contributed by atoms with Gasteiger partial charge in [-0.05, 0) is 30.2 Å². The summed E-state index contributed by atoms with van der Waals surface area (Å²) in [5, 5.41) is 9.82. The summed E-state index contributed by atoms with van der Waals surface area (Å²) in [5.74, 6) is -0.191. The number of hydrogen-bond donors (Lipinski definition) is 2. The van der Waals surface area contributed by atoms with Gasteiger partial charge in [-0.25, -0.2) is 9.67 Å². The van der Waals surface area contributed by atoms with Gasteiger partial charge in [0.15, 0.2) is 0 Å². The number of nitrogens with one attached hydrogen (secondary N) is 2. The van der Waals surface area contributed by atoms with Crippen molar-refractivity contribution in [1.82, 2.24) is 25.4 Å². The molecule has 1 atom stereocenters. The van der Waals surface area contributed by atoms with E-state index >= 15 is 0 Å². The Morgan fingerprint density at radius 1 is 1.04 bits per heavy atom. The van der Waals surface area contributed by atoms with Crippen LogP contribution in [0.25, 0.3) is 5.69 Å². The predicted octanol–water partition coefficient (Wildman–Crippen LogP) is 2.19. The molecule has 7 nitrogen and oxygen atoms in total. The average Bonchev–Trinajstić information content (AvgIpc) is 3.23. The number of benzene rings is 2. The quantitative estimate of drug-likeness (QED) is 0.630. The van der Waals surface area contributed by atoms with Gasteiger partial charge in [0.2, 0.25) is 11.8 Å². The summed E-state index contributed by atoms with van der Waals surface area (Å²) in [6.07, 6.45) is 3.67. The molecule has 1 unspecified atom stereocenters. The van der Waals surface area contributed by atoms with E-state index in [2.05, 4.69) is 20.7 Å². The maximum atomic E-state index is 12.1. The molecule has 0 aliphatic rings. The molecule has 0 radical (unpaired) electrons. The number of carbonyl (C=O) groups excluding carboxylic acids is 2. The largest absolute Gasteiger partial charge is 0.355 e. The molecule has 0 bridgehead atoms. The molecule has 0 aliphatic heterocycles. The van der Waals surface area contributed by atoms with Crippen molar-refractivity contribution >= 4 is 11.8 Å².